The quantitative estimate of drug-likeness (QED) is 0.0346. The van der Waals surface area contributed by atoms with Crippen molar-refractivity contribution in [1.82, 2.24) is 5.32 Å². The van der Waals surface area contributed by atoms with Gasteiger partial charge in [0.2, 0.25) is 5.91 Å². The van der Waals surface area contributed by atoms with Crippen molar-refractivity contribution < 1.29 is 39.8 Å². The van der Waals surface area contributed by atoms with E-state index in [1.807, 2.05) is 0 Å². The zero-order chi connectivity index (χ0) is 38.1. The van der Waals surface area contributed by atoms with Gasteiger partial charge in [0.25, 0.3) is 0 Å². The van der Waals surface area contributed by atoms with E-state index in [1.54, 1.807) is 0 Å². The highest BCUT2D eigenvalue weighted by Crippen LogP contribution is 2.23. The molecule has 1 heterocycles. The van der Waals surface area contributed by atoms with E-state index in [0.717, 1.165) is 38.5 Å². The number of hydrogen-bond acceptors (Lipinski definition) is 8. The number of hydrogen-bond donors (Lipinski definition) is 6. The van der Waals surface area contributed by atoms with E-state index in [4.69, 9.17) is 9.47 Å². The van der Waals surface area contributed by atoms with E-state index >= 15 is 0 Å². The average Bonchev–Trinajstić information content (AvgIpc) is 3.14. The molecule has 9 heteroatoms. The summed E-state index contributed by atoms with van der Waals surface area (Å²) in [6.45, 7) is 3.83. The van der Waals surface area contributed by atoms with Gasteiger partial charge in [0.15, 0.2) is 6.29 Å². The molecule has 1 amide bonds. The second-order valence-electron chi connectivity index (χ2n) is 15.9. The lowest BCUT2D eigenvalue weighted by Gasteiger charge is -2.40. The Balaban J connectivity index is 2.33. The van der Waals surface area contributed by atoms with Crippen LogP contribution < -0.4 is 5.32 Å². The topological polar surface area (TPSA) is 149 Å². The monoisotopic (exact) mass is 744 g/mol. The van der Waals surface area contributed by atoms with E-state index in [1.165, 1.54) is 148 Å². The molecule has 0 saturated carbocycles. The number of ether oxygens (including phenoxy) is 2. The minimum Gasteiger partial charge on any atom is -0.394 e. The molecule has 1 rings (SSSR count). The Hall–Kier alpha value is -0.810. The first kappa shape index (κ1) is 49.2. The molecule has 7 atom stereocenters. The standard InChI is InChI=1S/C43H85NO8/c1-3-5-7-9-11-13-15-17-18-19-20-21-22-24-26-28-30-32-37(46)36(35-51-43-42(50)41(49)40(48)38(34-45)52-43)44-39(47)33-31-29-27-25-23-16-14-12-10-8-6-4-2/h36-38,40-43,45-46,48-50H,3-35H2,1-2H3,(H,44,47)/t36-,37+,38+,40-,41?,42?,43+/m0/s1. The van der Waals surface area contributed by atoms with Crippen molar-refractivity contribution >= 4 is 5.91 Å². The SMILES string of the molecule is CCCCCCCCCCCCCCCCCCC[C@@H](O)[C@H](CO[C@@H]1O[C@H](CO)[C@H](O)C(O)C1O)NC(=O)CCCCCCCCCCCCCC. The van der Waals surface area contributed by atoms with Gasteiger partial charge in [0, 0.05) is 6.42 Å². The fourth-order valence-electron chi connectivity index (χ4n) is 7.34. The summed E-state index contributed by atoms with van der Waals surface area (Å²) in [6, 6.07) is -0.710. The lowest BCUT2D eigenvalue weighted by molar-refractivity contribution is -0.302. The number of aliphatic hydroxyl groups is 5. The summed E-state index contributed by atoms with van der Waals surface area (Å²) in [7, 11) is 0. The molecule has 0 spiro atoms. The minimum absolute atomic E-state index is 0.132. The summed E-state index contributed by atoms with van der Waals surface area (Å²) in [5.74, 6) is -0.143. The van der Waals surface area contributed by atoms with Crippen LogP contribution >= 0.6 is 0 Å². The maximum atomic E-state index is 12.9. The zero-order valence-corrected chi connectivity index (χ0v) is 33.8. The number of amides is 1. The maximum absolute atomic E-state index is 12.9. The normalized spacial score (nSPS) is 21.7. The summed E-state index contributed by atoms with van der Waals surface area (Å²) in [4.78, 5) is 12.9. The molecular formula is C43H85NO8. The first-order chi connectivity index (χ1) is 25.3. The molecule has 0 aliphatic carbocycles. The Bertz CT molecular complexity index is 786. The highest BCUT2D eigenvalue weighted by atomic mass is 16.7. The van der Waals surface area contributed by atoms with Gasteiger partial charge in [-0.05, 0) is 12.8 Å². The van der Waals surface area contributed by atoms with Crippen LogP contribution in [-0.4, -0.2) is 87.5 Å². The number of carbonyl (C=O) groups is 1. The Morgan fingerprint density at radius 2 is 0.962 bits per heavy atom. The molecule has 0 radical (unpaired) electrons. The predicted molar refractivity (Wildman–Crippen MR) is 212 cm³/mol. The third-order valence-electron chi connectivity index (χ3n) is 11.0. The van der Waals surface area contributed by atoms with E-state index in [0.29, 0.717) is 12.8 Å². The van der Waals surface area contributed by atoms with Crippen molar-refractivity contribution in [2.24, 2.45) is 0 Å². The Morgan fingerprint density at radius 3 is 1.37 bits per heavy atom. The Morgan fingerprint density at radius 1 is 0.577 bits per heavy atom. The second-order valence-corrected chi connectivity index (χ2v) is 15.9. The highest BCUT2D eigenvalue weighted by molar-refractivity contribution is 5.76. The van der Waals surface area contributed by atoms with Crippen molar-refractivity contribution in [3.05, 3.63) is 0 Å². The van der Waals surface area contributed by atoms with Crippen molar-refractivity contribution in [2.45, 2.75) is 256 Å². The lowest BCUT2D eigenvalue weighted by Crippen LogP contribution is -2.60. The summed E-state index contributed by atoms with van der Waals surface area (Å²) < 4.78 is 11.2. The van der Waals surface area contributed by atoms with Crippen LogP contribution in [0.5, 0.6) is 0 Å². The number of nitrogens with one attached hydrogen (secondary N) is 1. The van der Waals surface area contributed by atoms with Crippen LogP contribution in [0.15, 0.2) is 0 Å². The summed E-state index contributed by atoms with van der Waals surface area (Å²) in [6.07, 6.45) is 29.6. The molecule has 6 N–H and O–H groups in total. The second kappa shape index (κ2) is 34.7. The van der Waals surface area contributed by atoms with Crippen molar-refractivity contribution in [2.75, 3.05) is 13.2 Å². The van der Waals surface area contributed by atoms with Crippen LogP contribution in [0.2, 0.25) is 0 Å². The molecule has 52 heavy (non-hydrogen) atoms. The van der Waals surface area contributed by atoms with Crippen molar-refractivity contribution in [3.8, 4) is 0 Å². The van der Waals surface area contributed by atoms with Crippen molar-refractivity contribution in [1.29, 1.82) is 0 Å². The third-order valence-corrected chi connectivity index (χ3v) is 11.0. The molecule has 1 aliphatic heterocycles. The molecule has 0 bridgehead atoms. The van der Waals surface area contributed by atoms with E-state index < -0.39 is 49.5 Å². The Labute approximate surface area is 319 Å². The van der Waals surface area contributed by atoms with Gasteiger partial charge in [-0.25, -0.2) is 0 Å². The molecule has 0 aromatic heterocycles. The van der Waals surface area contributed by atoms with Crippen LogP contribution in [0.25, 0.3) is 0 Å². The summed E-state index contributed by atoms with van der Waals surface area (Å²) >= 11 is 0. The van der Waals surface area contributed by atoms with E-state index in [-0.39, 0.29) is 12.5 Å². The van der Waals surface area contributed by atoms with Crippen molar-refractivity contribution in [3.63, 3.8) is 0 Å². The first-order valence-corrected chi connectivity index (χ1v) is 22.2. The van der Waals surface area contributed by atoms with Crippen LogP contribution in [0.4, 0.5) is 0 Å². The molecule has 1 aliphatic rings. The lowest BCUT2D eigenvalue weighted by atomic mass is 9.99. The molecule has 0 aromatic rings. The smallest absolute Gasteiger partial charge is 0.220 e. The fraction of sp³-hybridized carbons (Fsp3) is 0.977. The summed E-state index contributed by atoms with van der Waals surface area (Å²) in [5.41, 5.74) is 0. The predicted octanol–water partition coefficient (Wildman–Crippen LogP) is 8.78. The third kappa shape index (κ3) is 25.3. The number of rotatable bonds is 37. The molecule has 1 saturated heterocycles. The maximum Gasteiger partial charge on any atom is 0.220 e. The van der Waals surface area contributed by atoms with Gasteiger partial charge in [0.1, 0.15) is 24.4 Å². The highest BCUT2D eigenvalue weighted by Gasteiger charge is 2.44. The van der Waals surface area contributed by atoms with Crippen LogP contribution in [-0.2, 0) is 14.3 Å². The van der Waals surface area contributed by atoms with Gasteiger partial charge in [-0.2, -0.15) is 0 Å². The number of carbonyl (C=O) groups excluding carboxylic acids is 1. The fourth-order valence-corrected chi connectivity index (χ4v) is 7.34. The van der Waals surface area contributed by atoms with Gasteiger partial charge in [-0.15, -0.1) is 0 Å². The molecule has 0 aromatic carbocycles. The zero-order valence-electron chi connectivity index (χ0n) is 33.8. The number of unbranched alkanes of at least 4 members (excludes halogenated alkanes) is 27. The molecule has 2 unspecified atom stereocenters. The average molecular weight is 744 g/mol. The van der Waals surface area contributed by atoms with E-state index in [2.05, 4.69) is 19.2 Å². The van der Waals surface area contributed by atoms with Crippen LogP contribution in [0, 0.1) is 0 Å². The van der Waals surface area contributed by atoms with E-state index in [9.17, 15) is 30.3 Å². The molecule has 9 nitrogen and oxygen atoms in total. The summed E-state index contributed by atoms with van der Waals surface area (Å²) in [5, 5.41) is 54.2. The largest absolute Gasteiger partial charge is 0.394 e. The van der Waals surface area contributed by atoms with Gasteiger partial charge in [-0.3, -0.25) is 4.79 Å². The first-order valence-electron chi connectivity index (χ1n) is 22.2. The van der Waals surface area contributed by atoms with Crippen LogP contribution in [0.3, 0.4) is 0 Å². The van der Waals surface area contributed by atoms with Gasteiger partial charge >= 0.3 is 0 Å². The minimum atomic E-state index is -1.55. The van der Waals surface area contributed by atoms with Gasteiger partial charge in [-0.1, -0.05) is 194 Å². The molecule has 310 valence electrons. The van der Waals surface area contributed by atoms with Gasteiger partial charge < -0.3 is 40.3 Å². The van der Waals surface area contributed by atoms with Crippen LogP contribution in [0.1, 0.15) is 213 Å². The number of aliphatic hydroxyl groups excluding tert-OH is 5. The molecular weight excluding hydrogens is 658 g/mol. The van der Waals surface area contributed by atoms with Gasteiger partial charge in [0.05, 0.1) is 25.4 Å². The Kier molecular flexibility index (Phi) is 32.8. The molecule has 1 fully saturated rings.